The molecule has 0 bridgehead atoms. The van der Waals surface area contributed by atoms with Crippen molar-refractivity contribution >= 4 is 11.3 Å². The number of aromatic nitrogens is 1. The van der Waals surface area contributed by atoms with Crippen LogP contribution < -0.4 is 5.32 Å². The van der Waals surface area contributed by atoms with Crippen LogP contribution in [0.5, 0.6) is 0 Å². The molecule has 1 fully saturated rings. The van der Waals surface area contributed by atoms with Gasteiger partial charge < -0.3 is 9.73 Å². The molecular formula is C12H15N3OS. The van der Waals surface area contributed by atoms with Gasteiger partial charge in [-0.3, -0.25) is 4.90 Å². The number of nitrogens with one attached hydrogen (secondary N) is 1. The van der Waals surface area contributed by atoms with Crippen molar-refractivity contribution in [3.05, 3.63) is 29.7 Å². The maximum atomic E-state index is 5.08. The van der Waals surface area contributed by atoms with Gasteiger partial charge in [0.15, 0.2) is 0 Å². The van der Waals surface area contributed by atoms with Crippen molar-refractivity contribution in [3.63, 3.8) is 0 Å². The summed E-state index contributed by atoms with van der Waals surface area (Å²) in [4.78, 5) is 7.08. The van der Waals surface area contributed by atoms with Crippen molar-refractivity contribution in [1.29, 1.82) is 0 Å². The van der Waals surface area contributed by atoms with Crippen LogP contribution in [0.1, 0.15) is 5.69 Å². The zero-order valence-electron chi connectivity index (χ0n) is 9.56. The van der Waals surface area contributed by atoms with Gasteiger partial charge in [0.25, 0.3) is 0 Å². The van der Waals surface area contributed by atoms with E-state index < -0.39 is 0 Å². The molecule has 0 atom stereocenters. The van der Waals surface area contributed by atoms with Crippen LogP contribution in [0.2, 0.25) is 0 Å². The summed E-state index contributed by atoms with van der Waals surface area (Å²) in [6.45, 7) is 5.34. The van der Waals surface area contributed by atoms with Gasteiger partial charge in [-0.1, -0.05) is 0 Å². The Labute approximate surface area is 104 Å². The topological polar surface area (TPSA) is 41.3 Å². The molecule has 1 aliphatic heterocycles. The van der Waals surface area contributed by atoms with Crippen LogP contribution in [-0.2, 0) is 6.54 Å². The number of hydrogen-bond donors (Lipinski definition) is 1. The van der Waals surface area contributed by atoms with E-state index in [0.717, 1.165) is 49.0 Å². The summed E-state index contributed by atoms with van der Waals surface area (Å²) in [7, 11) is 0. The number of rotatable bonds is 3. The maximum Gasteiger partial charge on any atom is 0.126 e. The highest BCUT2D eigenvalue weighted by Crippen LogP contribution is 2.24. The van der Waals surface area contributed by atoms with E-state index in [2.05, 4.69) is 20.6 Å². The van der Waals surface area contributed by atoms with E-state index in [1.54, 1.807) is 23.9 Å². The number of thiazole rings is 1. The lowest BCUT2D eigenvalue weighted by Gasteiger charge is -2.26. The first-order valence-electron chi connectivity index (χ1n) is 5.82. The molecule has 3 heterocycles. The van der Waals surface area contributed by atoms with Crippen LogP contribution in [0.25, 0.3) is 10.6 Å². The summed E-state index contributed by atoms with van der Waals surface area (Å²) < 4.78 is 5.08. The lowest BCUT2D eigenvalue weighted by molar-refractivity contribution is 0.231. The van der Waals surface area contributed by atoms with Crippen molar-refractivity contribution in [2.45, 2.75) is 6.54 Å². The highest BCUT2D eigenvalue weighted by molar-refractivity contribution is 7.13. The summed E-state index contributed by atoms with van der Waals surface area (Å²) in [5.74, 6) is 0. The average molecular weight is 249 g/mol. The Morgan fingerprint density at radius 2 is 2.29 bits per heavy atom. The molecule has 1 aliphatic rings. The van der Waals surface area contributed by atoms with Gasteiger partial charge >= 0.3 is 0 Å². The lowest BCUT2D eigenvalue weighted by atomic mass is 10.3. The van der Waals surface area contributed by atoms with Crippen LogP contribution >= 0.6 is 11.3 Å². The predicted octanol–water partition coefficient (Wildman–Crippen LogP) is 1.81. The molecule has 0 saturated carbocycles. The largest absolute Gasteiger partial charge is 0.472 e. The molecule has 0 radical (unpaired) electrons. The molecule has 1 N–H and O–H groups in total. The van der Waals surface area contributed by atoms with Crippen LogP contribution in [0.4, 0.5) is 0 Å². The third-order valence-electron chi connectivity index (χ3n) is 2.92. The van der Waals surface area contributed by atoms with Crippen LogP contribution in [-0.4, -0.2) is 36.1 Å². The van der Waals surface area contributed by atoms with Gasteiger partial charge in [-0.15, -0.1) is 11.3 Å². The monoisotopic (exact) mass is 249 g/mol. The smallest absolute Gasteiger partial charge is 0.126 e. The second kappa shape index (κ2) is 5.00. The van der Waals surface area contributed by atoms with Crippen molar-refractivity contribution in [2.24, 2.45) is 0 Å². The highest BCUT2D eigenvalue weighted by atomic mass is 32.1. The minimum Gasteiger partial charge on any atom is -0.472 e. The lowest BCUT2D eigenvalue weighted by Crippen LogP contribution is -2.42. The molecule has 2 aromatic heterocycles. The molecule has 0 aliphatic carbocycles. The van der Waals surface area contributed by atoms with Gasteiger partial charge in [-0.25, -0.2) is 4.98 Å². The molecule has 0 unspecified atom stereocenters. The van der Waals surface area contributed by atoms with Gasteiger partial charge in [0.05, 0.1) is 12.0 Å². The van der Waals surface area contributed by atoms with Gasteiger partial charge in [-0.05, 0) is 6.07 Å². The molecule has 0 aromatic carbocycles. The summed E-state index contributed by atoms with van der Waals surface area (Å²) >= 11 is 1.68. The van der Waals surface area contributed by atoms with E-state index in [4.69, 9.17) is 4.42 Å². The Kier molecular flexibility index (Phi) is 3.22. The molecule has 2 aromatic rings. The summed E-state index contributed by atoms with van der Waals surface area (Å²) in [5.41, 5.74) is 2.23. The van der Waals surface area contributed by atoms with Crippen LogP contribution in [0, 0.1) is 0 Å². The molecule has 0 amide bonds. The maximum absolute atomic E-state index is 5.08. The van der Waals surface area contributed by atoms with E-state index in [-0.39, 0.29) is 0 Å². The van der Waals surface area contributed by atoms with Crippen LogP contribution in [0.3, 0.4) is 0 Å². The molecular weight excluding hydrogens is 234 g/mol. The Bertz CT molecular complexity index is 460. The fourth-order valence-corrected chi connectivity index (χ4v) is 2.79. The predicted molar refractivity (Wildman–Crippen MR) is 68.0 cm³/mol. The van der Waals surface area contributed by atoms with Crippen molar-refractivity contribution in [3.8, 4) is 10.6 Å². The molecule has 90 valence electrons. The Morgan fingerprint density at radius 1 is 1.41 bits per heavy atom. The number of furan rings is 1. The minimum absolute atomic E-state index is 0.954. The zero-order valence-corrected chi connectivity index (χ0v) is 10.4. The third kappa shape index (κ3) is 2.57. The van der Waals surface area contributed by atoms with E-state index in [1.165, 1.54) is 0 Å². The first kappa shape index (κ1) is 11.0. The summed E-state index contributed by atoms with van der Waals surface area (Å²) in [5, 5.41) is 6.54. The van der Waals surface area contributed by atoms with Gasteiger partial charge in [0.2, 0.25) is 0 Å². The number of nitrogens with zero attached hydrogens (tertiary/aromatic N) is 2. The van der Waals surface area contributed by atoms with Gasteiger partial charge in [0.1, 0.15) is 11.3 Å². The molecule has 17 heavy (non-hydrogen) atoms. The average Bonchev–Trinajstić information content (AvgIpc) is 3.00. The Balaban J connectivity index is 1.68. The first-order valence-corrected chi connectivity index (χ1v) is 6.70. The van der Waals surface area contributed by atoms with Gasteiger partial charge in [-0.2, -0.15) is 0 Å². The molecule has 3 rings (SSSR count). The van der Waals surface area contributed by atoms with Crippen LogP contribution in [0.15, 0.2) is 28.4 Å². The van der Waals surface area contributed by atoms with Crippen molar-refractivity contribution < 1.29 is 4.42 Å². The van der Waals surface area contributed by atoms with Gasteiger partial charge in [0, 0.05) is 43.7 Å². The number of hydrogen-bond acceptors (Lipinski definition) is 5. The van der Waals surface area contributed by atoms with E-state index in [0.29, 0.717) is 0 Å². The number of piperazine rings is 1. The summed E-state index contributed by atoms with van der Waals surface area (Å²) in [6, 6.07) is 1.95. The first-order chi connectivity index (χ1) is 8.42. The summed E-state index contributed by atoms with van der Waals surface area (Å²) in [6.07, 6.45) is 3.43. The zero-order chi connectivity index (χ0) is 11.5. The standard InChI is InChI=1S/C12H15N3OS/c1-6-16-8-10(1)12-14-11(9-17-12)7-15-4-2-13-3-5-15/h1,6,8-9,13H,2-5,7H2. The fourth-order valence-electron chi connectivity index (χ4n) is 2.00. The SMILES string of the molecule is c1cc(-c2nc(CN3CCNCC3)cs2)co1. The van der Waals surface area contributed by atoms with E-state index in [9.17, 15) is 0 Å². The highest BCUT2D eigenvalue weighted by Gasteiger charge is 2.12. The van der Waals surface area contributed by atoms with Crippen molar-refractivity contribution in [1.82, 2.24) is 15.2 Å². The van der Waals surface area contributed by atoms with Crippen molar-refractivity contribution in [2.75, 3.05) is 26.2 Å². The molecule has 4 nitrogen and oxygen atoms in total. The quantitative estimate of drug-likeness (QED) is 0.900. The molecule has 0 spiro atoms. The second-order valence-corrected chi connectivity index (χ2v) is 5.04. The molecule has 1 saturated heterocycles. The third-order valence-corrected chi connectivity index (χ3v) is 3.86. The Morgan fingerprint density at radius 3 is 3.06 bits per heavy atom. The minimum atomic E-state index is 0.954. The normalized spacial score (nSPS) is 17.4. The second-order valence-electron chi connectivity index (χ2n) is 4.18. The van der Waals surface area contributed by atoms with E-state index in [1.807, 2.05) is 6.07 Å². The molecule has 5 heteroatoms. The Hall–Kier alpha value is -1.17. The van der Waals surface area contributed by atoms with E-state index >= 15 is 0 Å². The fraction of sp³-hybridized carbons (Fsp3) is 0.417.